The first kappa shape index (κ1) is 9.49. The fourth-order valence-corrected chi connectivity index (χ4v) is 2.69. The van der Waals surface area contributed by atoms with Crippen LogP contribution in [0, 0.1) is 5.41 Å². The summed E-state index contributed by atoms with van der Waals surface area (Å²) < 4.78 is 0. The van der Waals surface area contributed by atoms with Crippen molar-refractivity contribution in [3.8, 4) is 0 Å². The highest BCUT2D eigenvalue weighted by Crippen LogP contribution is 2.42. The number of hydrogen-bond donors (Lipinski definition) is 2. The summed E-state index contributed by atoms with van der Waals surface area (Å²) in [4.78, 5) is 22.7. The summed E-state index contributed by atoms with van der Waals surface area (Å²) in [5.74, 6) is -0.143. The van der Waals surface area contributed by atoms with Crippen molar-refractivity contribution in [2.45, 2.75) is 45.1 Å². The Morgan fingerprint density at radius 1 is 1.21 bits per heavy atom. The Balaban J connectivity index is 2.24. The fraction of sp³-hybridized carbons (Fsp3) is 0.800. The molecule has 1 spiro atoms. The molecule has 1 saturated heterocycles. The molecule has 14 heavy (non-hydrogen) atoms. The summed E-state index contributed by atoms with van der Waals surface area (Å²) >= 11 is 0. The highest BCUT2D eigenvalue weighted by molar-refractivity contribution is 6.07. The molecule has 1 heterocycles. The van der Waals surface area contributed by atoms with Crippen LogP contribution in [0.25, 0.3) is 0 Å². The minimum absolute atomic E-state index is 0.143. The Morgan fingerprint density at radius 2 is 1.93 bits per heavy atom. The van der Waals surface area contributed by atoms with Gasteiger partial charge >= 0.3 is 6.03 Å². The van der Waals surface area contributed by atoms with Gasteiger partial charge in [-0.2, -0.15) is 0 Å². The van der Waals surface area contributed by atoms with E-state index in [1.165, 1.54) is 0 Å². The lowest BCUT2D eigenvalue weighted by molar-refractivity contribution is -0.126. The van der Waals surface area contributed by atoms with E-state index >= 15 is 0 Å². The molecule has 0 bridgehead atoms. The van der Waals surface area contributed by atoms with Crippen LogP contribution in [0.15, 0.2) is 0 Å². The van der Waals surface area contributed by atoms with Gasteiger partial charge in [0.15, 0.2) is 0 Å². The maximum absolute atomic E-state index is 11.7. The highest BCUT2D eigenvalue weighted by atomic mass is 16.2. The number of hydrogen-bond acceptors (Lipinski definition) is 2. The smallest absolute Gasteiger partial charge is 0.322 e. The van der Waals surface area contributed by atoms with E-state index in [0.717, 1.165) is 25.7 Å². The SMILES string of the molecule is CC1(C)CCC[C@]2(C1)NC(=O)NC2=O. The molecule has 2 rings (SSSR count). The van der Waals surface area contributed by atoms with Crippen molar-refractivity contribution in [3.05, 3.63) is 0 Å². The minimum Gasteiger partial charge on any atom is -0.323 e. The minimum atomic E-state index is -0.612. The van der Waals surface area contributed by atoms with Crippen LogP contribution in [0.4, 0.5) is 4.79 Å². The van der Waals surface area contributed by atoms with Crippen LogP contribution in [0.1, 0.15) is 39.5 Å². The predicted octanol–water partition coefficient (Wildman–Crippen LogP) is 1.16. The molecule has 2 fully saturated rings. The van der Waals surface area contributed by atoms with Crippen molar-refractivity contribution in [2.75, 3.05) is 0 Å². The number of nitrogens with one attached hydrogen (secondary N) is 2. The number of imide groups is 1. The maximum atomic E-state index is 11.7. The molecule has 0 aromatic carbocycles. The first-order valence-electron chi connectivity index (χ1n) is 5.07. The van der Waals surface area contributed by atoms with Gasteiger partial charge < -0.3 is 5.32 Å². The predicted molar refractivity (Wildman–Crippen MR) is 51.7 cm³/mol. The third-order valence-corrected chi connectivity index (χ3v) is 3.25. The molecule has 4 nitrogen and oxygen atoms in total. The number of rotatable bonds is 0. The average Bonchev–Trinajstić information content (AvgIpc) is 2.24. The van der Waals surface area contributed by atoms with E-state index in [2.05, 4.69) is 24.5 Å². The Hall–Kier alpha value is -1.06. The molecule has 0 radical (unpaired) electrons. The van der Waals surface area contributed by atoms with E-state index in [9.17, 15) is 9.59 Å². The molecule has 4 heteroatoms. The van der Waals surface area contributed by atoms with Gasteiger partial charge in [0.1, 0.15) is 5.54 Å². The standard InChI is InChI=1S/C10H16N2O2/c1-9(2)4-3-5-10(6-9)7(13)11-8(14)12-10/h3-6H2,1-2H3,(H2,11,12,13,14)/t10-/m1/s1. The summed E-state index contributed by atoms with van der Waals surface area (Å²) in [5.41, 5.74) is -0.466. The number of urea groups is 1. The van der Waals surface area contributed by atoms with Crippen LogP contribution in [0.2, 0.25) is 0 Å². The van der Waals surface area contributed by atoms with Crippen LogP contribution in [-0.2, 0) is 4.79 Å². The second kappa shape index (κ2) is 2.72. The molecule has 1 aliphatic carbocycles. The van der Waals surface area contributed by atoms with Gasteiger partial charge in [0, 0.05) is 0 Å². The van der Waals surface area contributed by atoms with Gasteiger partial charge in [0.25, 0.3) is 5.91 Å². The molecule has 2 aliphatic rings. The van der Waals surface area contributed by atoms with Crippen molar-refractivity contribution < 1.29 is 9.59 Å². The molecule has 2 N–H and O–H groups in total. The van der Waals surface area contributed by atoms with Crippen LogP contribution < -0.4 is 10.6 Å². The van der Waals surface area contributed by atoms with E-state index in [1.807, 2.05) is 0 Å². The lowest BCUT2D eigenvalue weighted by Gasteiger charge is -2.40. The number of carbonyl (C=O) groups is 2. The second-order valence-electron chi connectivity index (χ2n) is 5.18. The molecule has 1 saturated carbocycles. The van der Waals surface area contributed by atoms with E-state index in [-0.39, 0.29) is 17.4 Å². The summed E-state index contributed by atoms with van der Waals surface area (Å²) in [5, 5.41) is 5.10. The van der Waals surface area contributed by atoms with Gasteiger partial charge in [0.2, 0.25) is 0 Å². The van der Waals surface area contributed by atoms with Gasteiger partial charge in [0.05, 0.1) is 0 Å². The van der Waals surface area contributed by atoms with Crippen molar-refractivity contribution in [1.82, 2.24) is 10.6 Å². The van der Waals surface area contributed by atoms with Crippen molar-refractivity contribution in [2.24, 2.45) is 5.41 Å². The zero-order valence-corrected chi connectivity index (χ0v) is 8.64. The lowest BCUT2D eigenvalue weighted by atomic mass is 9.68. The summed E-state index contributed by atoms with van der Waals surface area (Å²) in [7, 11) is 0. The van der Waals surface area contributed by atoms with E-state index in [1.54, 1.807) is 0 Å². The van der Waals surface area contributed by atoms with Gasteiger partial charge in [-0.3, -0.25) is 10.1 Å². The van der Waals surface area contributed by atoms with Crippen molar-refractivity contribution in [1.29, 1.82) is 0 Å². The Labute approximate surface area is 83.4 Å². The first-order valence-corrected chi connectivity index (χ1v) is 5.07. The molecular weight excluding hydrogens is 180 g/mol. The molecular formula is C10H16N2O2. The molecule has 78 valence electrons. The number of carbonyl (C=O) groups excluding carboxylic acids is 2. The molecule has 3 amide bonds. The van der Waals surface area contributed by atoms with Crippen LogP contribution in [-0.4, -0.2) is 17.5 Å². The van der Waals surface area contributed by atoms with Crippen molar-refractivity contribution in [3.63, 3.8) is 0 Å². The lowest BCUT2D eigenvalue weighted by Crippen LogP contribution is -2.52. The summed E-state index contributed by atoms with van der Waals surface area (Å²) in [6.45, 7) is 4.29. The zero-order chi connectivity index (χ0) is 10.4. The highest BCUT2D eigenvalue weighted by Gasteiger charge is 2.50. The molecule has 1 atom stereocenters. The van der Waals surface area contributed by atoms with Gasteiger partial charge in [-0.05, 0) is 24.7 Å². The normalized spacial score (nSPS) is 35.6. The zero-order valence-electron chi connectivity index (χ0n) is 8.64. The third-order valence-electron chi connectivity index (χ3n) is 3.25. The Kier molecular flexibility index (Phi) is 1.84. The van der Waals surface area contributed by atoms with E-state index in [4.69, 9.17) is 0 Å². The fourth-order valence-electron chi connectivity index (χ4n) is 2.69. The Morgan fingerprint density at radius 3 is 2.43 bits per heavy atom. The molecule has 1 aliphatic heterocycles. The summed E-state index contributed by atoms with van der Waals surface area (Å²) in [6.07, 6.45) is 3.64. The molecule has 0 aromatic rings. The van der Waals surface area contributed by atoms with Gasteiger partial charge in [-0.1, -0.05) is 20.3 Å². The Bertz CT molecular complexity index is 298. The van der Waals surface area contributed by atoms with Crippen molar-refractivity contribution >= 4 is 11.9 Å². The molecule has 0 aromatic heterocycles. The topological polar surface area (TPSA) is 58.2 Å². The van der Waals surface area contributed by atoms with Crippen LogP contribution in [0.5, 0.6) is 0 Å². The van der Waals surface area contributed by atoms with E-state index < -0.39 is 5.54 Å². The van der Waals surface area contributed by atoms with Gasteiger partial charge in [-0.25, -0.2) is 4.79 Å². The first-order chi connectivity index (χ1) is 6.44. The van der Waals surface area contributed by atoms with E-state index in [0.29, 0.717) is 0 Å². The third kappa shape index (κ3) is 1.38. The number of amides is 3. The molecule has 0 unspecified atom stereocenters. The average molecular weight is 196 g/mol. The second-order valence-corrected chi connectivity index (χ2v) is 5.18. The largest absolute Gasteiger partial charge is 0.323 e. The van der Waals surface area contributed by atoms with Gasteiger partial charge in [-0.15, -0.1) is 0 Å². The monoisotopic (exact) mass is 196 g/mol. The quantitative estimate of drug-likeness (QED) is 0.571. The van der Waals surface area contributed by atoms with Crippen LogP contribution in [0.3, 0.4) is 0 Å². The maximum Gasteiger partial charge on any atom is 0.322 e. The summed E-state index contributed by atoms with van der Waals surface area (Å²) in [6, 6.07) is -0.340. The van der Waals surface area contributed by atoms with Crippen LogP contribution >= 0.6 is 0 Å².